The smallest absolute Gasteiger partial charge is 0.326 e. The molecule has 5 rings (SSSR count). The van der Waals surface area contributed by atoms with Crippen LogP contribution >= 0.6 is 11.6 Å². The Morgan fingerprint density at radius 2 is 1.77 bits per heavy atom. The number of hydrogen-bond donors (Lipinski definition) is 4. The number of rotatable bonds is 17. The molecule has 1 fully saturated rings. The largest absolute Gasteiger partial charge is 0.493 e. The lowest BCUT2D eigenvalue weighted by molar-refractivity contribution is -0.145. The number of benzene rings is 3. The van der Waals surface area contributed by atoms with Crippen LogP contribution < -0.4 is 19.5 Å². The maximum atomic E-state index is 11.8. The summed E-state index contributed by atoms with van der Waals surface area (Å²) in [4.78, 5) is 18.2. The zero-order valence-electron chi connectivity index (χ0n) is 30.4. The van der Waals surface area contributed by atoms with E-state index in [1.807, 2.05) is 24.3 Å². The Bertz CT molecular complexity index is 1930. The molecule has 0 amide bonds. The highest BCUT2D eigenvalue weighted by Gasteiger charge is 2.32. The minimum Gasteiger partial charge on any atom is -0.493 e. The van der Waals surface area contributed by atoms with Gasteiger partial charge in [-0.3, -0.25) is 15.1 Å². The second-order valence-corrected chi connectivity index (χ2v) is 14.0. The van der Waals surface area contributed by atoms with E-state index in [4.69, 9.17) is 25.8 Å². The van der Waals surface area contributed by atoms with Gasteiger partial charge >= 0.3 is 5.97 Å². The van der Waals surface area contributed by atoms with Crippen molar-refractivity contribution >= 4 is 17.6 Å². The van der Waals surface area contributed by atoms with Gasteiger partial charge < -0.3 is 34.4 Å². The minimum absolute atomic E-state index is 0.0288. The summed E-state index contributed by atoms with van der Waals surface area (Å²) < 4.78 is 18.7. The Hall–Kier alpha value is -4.70. The van der Waals surface area contributed by atoms with Crippen LogP contribution in [0.1, 0.15) is 59.6 Å². The summed E-state index contributed by atoms with van der Waals surface area (Å²) in [5.41, 5.74) is 5.21. The highest BCUT2D eigenvalue weighted by Crippen LogP contribution is 2.36. The molecule has 4 aromatic rings. The van der Waals surface area contributed by atoms with Crippen LogP contribution in [0, 0.1) is 25.2 Å². The fourth-order valence-corrected chi connectivity index (χ4v) is 6.53. The van der Waals surface area contributed by atoms with E-state index >= 15 is 0 Å². The minimum atomic E-state index is -1.59. The van der Waals surface area contributed by atoms with Crippen molar-refractivity contribution in [3.05, 3.63) is 105 Å². The first-order chi connectivity index (χ1) is 25.5. The van der Waals surface area contributed by atoms with Gasteiger partial charge in [-0.1, -0.05) is 41.9 Å². The molecule has 1 aromatic heterocycles. The number of nitrogens with zero attached hydrogens (tertiary/aromatic N) is 3. The summed E-state index contributed by atoms with van der Waals surface area (Å²) in [7, 11) is 0. The average molecular weight is 743 g/mol. The Labute approximate surface area is 315 Å². The fourth-order valence-electron chi connectivity index (χ4n) is 6.29. The number of piperidine rings is 1. The predicted octanol–water partition coefficient (Wildman–Crippen LogP) is 6.20. The quantitative estimate of drug-likeness (QED) is 0.0914. The van der Waals surface area contributed by atoms with E-state index in [1.54, 1.807) is 24.4 Å². The number of likely N-dealkylation sites (tertiary alicyclic amines) is 1. The van der Waals surface area contributed by atoms with Gasteiger partial charge in [0.25, 0.3) is 0 Å². The van der Waals surface area contributed by atoms with E-state index in [1.165, 1.54) is 13.1 Å². The summed E-state index contributed by atoms with van der Waals surface area (Å²) in [5, 5.41) is 41.8. The lowest BCUT2D eigenvalue weighted by Gasteiger charge is -2.29. The van der Waals surface area contributed by atoms with E-state index in [2.05, 4.69) is 47.3 Å². The number of aromatic nitrogens is 1. The van der Waals surface area contributed by atoms with Gasteiger partial charge in [-0.05, 0) is 92.6 Å². The first-order valence-corrected chi connectivity index (χ1v) is 18.1. The molecule has 1 aliphatic rings. The molecule has 1 saturated heterocycles. The molecule has 0 saturated carbocycles. The van der Waals surface area contributed by atoms with Crippen molar-refractivity contribution in [2.24, 2.45) is 0 Å². The van der Waals surface area contributed by atoms with Gasteiger partial charge in [-0.25, -0.2) is 0 Å². The molecule has 53 heavy (non-hydrogen) atoms. The lowest BCUT2D eigenvalue weighted by atomic mass is 9.93. The number of hydrogen-bond acceptors (Lipinski definition) is 10. The molecule has 0 aliphatic carbocycles. The monoisotopic (exact) mass is 742 g/mol. The summed E-state index contributed by atoms with van der Waals surface area (Å²) in [6.07, 6.45) is 5.62. The van der Waals surface area contributed by atoms with Crippen LogP contribution in [0.3, 0.4) is 0 Å². The van der Waals surface area contributed by atoms with E-state index in [0.717, 1.165) is 72.5 Å². The maximum Gasteiger partial charge on any atom is 0.326 e. The third-order valence-electron chi connectivity index (χ3n) is 9.65. The molecule has 2 atom stereocenters. The van der Waals surface area contributed by atoms with Gasteiger partial charge in [0.05, 0.1) is 29.9 Å². The van der Waals surface area contributed by atoms with Crippen molar-refractivity contribution in [2.45, 2.75) is 71.4 Å². The highest BCUT2D eigenvalue weighted by molar-refractivity contribution is 6.32. The van der Waals surface area contributed by atoms with Gasteiger partial charge in [0.2, 0.25) is 0 Å². The predicted molar refractivity (Wildman–Crippen MR) is 202 cm³/mol. The molecule has 0 radical (unpaired) electrons. The van der Waals surface area contributed by atoms with Crippen molar-refractivity contribution in [1.29, 1.82) is 5.26 Å². The maximum absolute atomic E-state index is 11.8. The van der Waals surface area contributed by atoms with Gasteiger partial charge in [0, 0.05) is 49.2 Å². The number of carbonyl (C=O) groups is 1. The Balaban J connectivity index is 1.31. The summed E-state index contributed by atoms with van der Waals surface area (Å²) in [6.45, 7) is 8.46. The van der Waals surface area contributed by atoms with Crippen molar-refractivity contribution in [3.63, 3.8) is 0 Å². The van der Waals surface area contributed by atoms with Crippen molar-refractivity contribution in [1.82, 2.24) is 15.2 Å². The third kappa shape index (κ3) is 10.3. The van der Waals surface area contributed by atoms with Crippen molar-refractivity contribution in [3.8, 4) is 34.4 Å². The average Bonchev–Trinajstić information content (AvgIpc) is 3.15. The number of nitriles is 1. The normalized spacial score (nSPS) is 15.7. The van der Waals surface area contributed by atoms with Gasteiger partial charge in [0.1, 0.15) is 42.1 Å². The highest BCUT2D eigenvalue weighted by atomic mass is 35.5. The number of pyridine rings is 1. The molecule has 0 spiro atoms. The second-order valence-electron chi connectivity index (χ2n) is 13.6. The molecule has 280 valence electrons. The Kier molecular flexibility index (Phi) is 13.7. The molecule has 1 aliphatic heterocycles. The number of nitrogens with one attached hydrogen (secondary N) is 1. The Morgan fingerprint density at radius 3 is 2.51 bits per heavy atom. The Morgan fingerprint density at radius 1 is 1.02 bits per heavy atom. The molecule has 0 bridgehead atoms. The first-order valence-electron chi connectivity index (χ1n) is 17.7. The zero-order chi connectivity index (χ0) is 38.0. The van der Waals surface area contributed by atoms with Gasteiger partial charge in [-0.2, -0.15) is 5.26 Å². The second kappa shape index (κ2) is 18.4. The van der Waals surface area contributed by atoms with Crippen LogP contribution in [-0.4, -0.2) is 75.7 Å². The van der Waals surface area contributed by atoms with E-state index < -0.39 is 18.1 Å². The molecule has 4 N–H and O–H groups in total. The summed E-state index contributed by atoms with van der Waals surface area (Å²) in [6, 6.07) is 19.2. The van der Waals surface area contributed by atoms with Crippen molar-refractivity contribution in [2.75, 3.05) is 32.8 Å². The zero-order valence-corrected chi connectivity index (χ0v) is 31.2. The molecule has 3 aromatic carbocycles. The number of carboxylic acids is 1. The van der Waals surface area contributed by atoms with E-state index in [0.29, 0.717) is 39.8 Å². The van der Waals surface area contributed by atoms with Crippen LogP contribution in [0.15, 0.2) is 67.0 Å². The number of aliphatic hydroxyl groups is 2. The first kappa shape index (κ1) is 39.5. The topological polar surface area (TPSA) is 157 Å². The van der Waals surface area contributed by atoms with Crippen LogP contribution in [-0.2, 0) is 24.6 Å². The molecule has 2 heterocycles. The van der Waals surface area contributed by atoms with E-state index in [9.17, 15) is 25.4 Å². The number of β-amino-alcohol motifs (C(OH)–C–C–N with tert-alkyl or cyclic N) is 1. The van der Waals surface area contributed by atoms with E-state index in [-0.39, 0.29) is 25.9 Å². The molecular formula is C41H47ClN4O7. The standard InChI is InChI=1S/C41H47ClN4O7/c1-27-31(8-4-10-34(27)35-11-5-12-37(28(35)2)51-15-7-14-46-13-6-9-33(48)23-46)25-53-39-18-38(52-24-30-16-29(19-43)20-44-21-30)32(17-36(39)42)22-45-41(3,26-47)40(49)50/h4-5,8,10-12,16-18,20-21,33,45,47-48H,6-7,9,13-15,22-26H2,1-3H3,(H,49,50)/t33-,41?/m0/s1. The van der Waals surface area contributed by atoms with Crippen LogP contribution in [0.2, 0.25) is 5.02 Å². The number of carboxylic acid groups (broad SMARTS) is 1. The number of halogens is 1. The summed E-state index contributed by atoms with van der Waals surface area (Å²) in [5.74, 6) is 0.392. The number of ether oxygens (including phenoxy) is 3. The SMILES string of the molecule is Cc1c(COc2cc(OCc3cncc(C#N)c3)c(CNC(C)(CO)C(=O)O)cc2Cl)cccc1-c1cccc(OCCCN2CCC[C@H](O)C2)c1C. The molecular weight excluding hydrogens is 696 g/mol. The number of aliphatic carboxylic acids is 1. The number of aliphatic hydroxyl groups excluding tert-OH is 2. The van der Waals surface area contributed by atoms with Crippen LogP contribution in [0.5, 0.6) is 17.2 Å². The molecule has 1 unspecified atom stereocenters. The van der Waals surface area contributed by atoms with Crippen LogP contribution in [0.25, 0.3) is 11.1 Å². The summed E-state index contributed by atoms with van der Waals surface area (Å²) >= 11 is 6.73. The molecule has 11 nitrogen and oxygen atoms in total. The van der Waals surface area contributed by atoms with Gasteiger partial charge in [0.15, 0.2) is 0 Å². The van der Waals surface area contributed by atoms with Crippen LogP contribution in [0.4, 0.5) is 0 Å². The molecule has 12 heteroatoms. The van der Waals surface area contributed by atoms with Gasteiger partial charge in [-0.15, -0.1) is 0 Å². The third-order valence-corrected chi connectivity index (χ3v) is 9.95. The lowest BCUT2D eigenvalue weighted by Crippen LogP contribution is -2.52. The van der Waals surface area contributed by atoms with Crippen molar-refractivity contribution < 1.29 is 34.3 Å². The fraction of sp³-hybridized carbons (Fsp3) is 0.390.